The second-order valence-electron chi connectivity index (χ2n) is 10.4. The molecule has 0 radical (unpaired) electrons. The van der Waals surface area contributed by atoms with Crippen LogP contribution in [0.5, 0.6) is 5.75 Å². The number of benzene rings is 3. The second kappa shape index (κ2) is 12.7. The van der Waals surface area contributed by atoms with Crippen LogP contribution in [-0.2, 0) is 21.8 Å². The van der Waals surface area contributed by atoms with Crippen LogP contribution in [-0.4, -0.2) is 61.1 Å². The topological polar surface area (TPSA) is 104 Å². The number of amides is 1. The molecule has 2 saturated heterocycles. The van der Waals surface area contributed by atoms with Crippen molar-refractivity contribution in [3.8, 4) is 5.75 Å². The van der Waals surface area contributed by atoms with Gasteiger partial charge < -0.3 is 43.8 Å². The Labute approximate surface area is 259 Å². The van der Waals surface area contributed by atoms with Crippen molar-refractivity contribution in [2.45, 2.75) is 18.4 Å². The number of carboxylic acid groups (broad SMARTS) is 1. The summed E-state index contributed by atoms with van der Waals surface area (Å²) in [7, 11) is 0. The van der Waals surface area contributed by atoms with Gasteiger partial charge in [0.25, 0.3) is 0 Å². The largest absolute Gasteiger partial charge is 0.530 e. The Hall–Kier alpha value is -3.96. The van der Waals surface area contributed by atoms with Crippen LogP contribution < -0.4 is 25.0 Å². The molecule has 0 aliphatic carbocycles. The zero-order valence-corrected chi connectivity index (χ0v) is 24.7. The van der Waals surface area contributed by atoms with E-state index in [1.54, 1.807) is 36.8 Å². The van der Waals surface area contributed by atoms with E-state index in [0.29, 0.717) is 41.1 Å². The third-order valence-electron chi connectivity index (χ3n) is 7.55. The zero-order valence-electron chi connectivity index (χ0n) is 23.2. The predicted molar refractivity (Wildman–Crippen MR) is 163 cm³/mol. The number of carbonyl (C=O) groups is 1. The first-order chi connectivity index (χ1) is 20.9. The molecule has 224 valence electrons. The van der Waals surface area contributed by atoms with E-state index >= 15 is 0 Å². The molecule has 1 amide bonds. The van der Waals surface area contributed by atoms with Gasteiger partial charge in [-0.05, 0) is 60.7 Å². The summed E-state index contributed by atoms with van der Waals surface area (Å²) in [6.07, 6.45) is 3.63. The Kier molecular flexibility index (Phi) is 8.62. The lowest BCUT2D eigenvalue weighted by atomic mass is 10.1. The fourth-order valence-electron chi connectivity index (χ4n) is 5.41. The van der Waals surface area contributed by atoms with Crippen molar-refractivity contribution in [2.24, 2.45) is 0 Å². The summed E-state index contributed by atoms with van der Waals surface area (Å²) < 4.78 is 20.7. The SMILES string of the molecule is O=C([O-])Nc1ccc(N2CCN(c3ccc(OCC4COC(Cn5ccnc5)(c5ccc(Cl)cc5Cl)O4)cc3)CC2)cc1. The molecule has 12 heteroatoms. The van der Waals surface area contributed by atoms with E-state index in [2.05, 4.69) is 32.2 Å². The number of rotatable bonds is 9. The fourth-order valence-corrected chi connectivity index (χ4v) is 5.97. The van der Waals surface area contributed by atoms with E-state index in [4.69, 9.17) is 37.4 Å². The van der Waals surface area contributed by atoms with Gasteiger partial charge in [0.15, 0.2) is 0 Å². The molecule has 1 aromatic heterocycles. The minimum atomic E-state index is -1.32. The molecule has 2 atom stereocenters. The lowest BCUT2D eigenvalue weighted by Crippen LogP contribution is -2.46. The minimum absolute atomic E-state index is 0.311. The highest BCUT2D eigenvalue weighted by Gasteiger charge is 2.45. The summed E-state index contributed by atoms with van der Waals surface area (Å²) in [5.41, 5.74) is 3.37. The van der Waals surface area contributed by atoms with Crippen LogP contribution in [0.3, 0.4) is 0 Å². The molecule has 10 nitrogen and oxygen atoms in total. The van der Waals surface area contributed by atoms with Crippen LogP contribution in [0.2, 0.25) is 10.0 Å². The second-order valence-corrected chi connectivity index (χ2v) is 11.2. The van der Waals surface area contributed by atoms with Gasteiger partial charge in [0.2, 0.25) is 5.79 Å². The van der Waals surface area contributed by atoms with Crippen molar-refractivity contribution in [2.75, 3.05) is 54.5 Å². The average Bonchev–Trinajstić information content (AvgIpc) is 3.67. The van der Waals surface area contributed by atoms with Gasteiger partial charge >= 0.3 is 0 Å². The average molecular weight is 624 g/mol. The van der Waals surface area contributed by atoms with Gasteiger partial charge in [0.1, 0.15) is 24.6 Å². The van der Waals surface area contributed by atoms with Crippen LogP contribution >= 0.6 is 23.2 Å². The maximum atomic E-state index is 10.7. The molecule has 4 aromatic rings. The molecule has 0 bridgehead atoms. The number of piperazine rings is 1. The standard InChI is InChI=1S/C31H31Cl2N5O5/c32-22-1-10-28(29(33)17-22)31(20-36-12-11-34-21-36)42-19-27(43-31)18-41-26-8-6-25(7-9-26)38-15-13-37(14-16-38)24-4-2-23(3-5-24)35-30(39)40/h1-12,17,21,27,35H,13-16,18-20H2,(H,39,40)/p-1. The van der Waals surface area contributed by atoms with Gasteiger partial charge in [-0.3, -0.25) is 0 Å². The van der Waals surface area contributed by atoms with Gasteiger partial charge in [-0.1, -0.05) is 29.3 Å². The lowest BCUT2D eigenvalue weighted by Gasteiger charge is -2.37. The van der Waals surface area contributed by atoms with E-state index in [-0.39, 0.29) is 6.10 Å². The first kappa shape index (κ1) is 29.1. The van der Waals surface area contributed by atoms with E-state index in [9.17, 15) is 9.90 Å². The third-order valence-corrected chi connectivity index (χ3v) is 8.09. The van der Waals surface area contributed by atoms with Crippen molar-refractivity contribution in [3.63, 3.8) is 0 Å². The number of carbonyl (C=O) groups excluding carboxylic acids is 1. The third kappa shape index (κ3) is 6.83. The first-order valence-electron chi connectivity index (χ1n) is 13.9. The number of hydrogen-bond donors (Lipinski definition) is 1. The van der Waals surface area contributed by atoms with Crippen LogP contribution in [0.1, 0.15) is 5.56 Å². The Morgan fingerprint density at radius 2 is 1.67 bits per heavy atom. The Morgan fingerprint density at radius 1 is 1.00 bits per heavy atom. The van der Waals surface area contributed by atoms with Crippen LogP contribution in [0.25, 0.3) is 0 Å². The number of imidazole rings is 1. The summed E-state index contributed by atoms with van der Waals surface area (Å²) in [5, 5.41) is 14.0. The molecule has 6 rings (SSSR count). The summed E-state index contributed by atoms with van der Waals surface area (Å²) in [6.45, 7) is 4.44. The van der Waals surface area contributed by atoms with Gasteiger partial charge in [-0.25, -0.2) is 4.98 Å². The molecule has 3 heterocycles. The highest BCUT2D eigenvalue weighted by molar-refractivity contribution is 6.35. The quantitative estimate of drug-likeness (QED) is 0.288. The molecule has 1 N–H and O–H groups in total. The van der Waals surface area contributed by atoms with Gasteiger partial charge in [0.05, 0.1) is 24.5 Å². The van der Waals surface area contributed by atoms with Crippen LogP contribution in [0, 0.1) is 0 Å². The van der Waals surface area contributed by atoms with Gasteiger partial charge in [-0.2, -0.15) is 0 Å². The van der Waals surface area contributed by atoms with Crippen molar-refractivity contribution < 1.29 is 24.1 Å². The smallest absolute Gasteiger partial charge is 0.215 e. The Morgan fingerprint density at radius 3 is 2.28 bits per heavy atom. The zero-order chi connectivity index (χ0) is 29.8. The van der Waals surface area contributed by atoms with E-state index < -0.39 is 11.9 Å². The van der Waals surface area contributed by atoms with Gasteiger partial charge in [-0.15, -0.1) is 0 Å². The molecule has 3 aromatic carbocycles. The number of halogens is 2. The Balaban J connectivity index is 1.03. The molecular formula is C31H30Cl2N5O5-. The lowest BCUT2D eigenvalue weighted by molar-refractivity contribution is -0.242. The maximum Gasteiger partial charge on any atom is 0.215 e. The van der Waals surface area contributed by atoms with E-state index in [1.165, 1.54) is 0 Å². The molecule has 2 aliphatic rings. The van der Waals surface area contributed by atoms with Crippen molar-refractivity contribution in [1.82, 2.24) is 9.55 Å². The van der Waals surface area contributed by atoms with Crippen molar-refractivity contribution >= 4 is 46.4 Å². The number of aromatic nitrogens is 2. The van der Waals surface area contributed by atoms with Crippen LogP contribution in [0.4, 0.5) is 21.9 Å². The molecule has 2 fully saturated rings. The number of ether oxygens (including phenoxy) is 3. The van der Waals surface area contributed by atoms with E-state index in [1.807, 2.05) is 41.1 Å². The first-order valence-corrected chi connectivity index (χ1v) is 14.7. The summed E-state index contributed by atoms with van der Waals surface area (Å²) in [4.78, 5) is 19.5. The summed E-state index contributed by atoms with van der Waals surface area (Å²) >= 11 is 12.7. The maximum absolute atomic E-state index is 10.7. The predicted octanol–water partition coefficient (Wildman–Crippen LogP) is 4.62. The monoisotopic (exact) mass is 622 g/mol. The molecule has 0 saturated carbocycles. The molecule has 2 aliphatic heterocycles. The fraction of sp³-hybridized carbons (Fsp3) is 0.290. The van der Waals surface area contributed by atoms with Crippen molar-refractivity contribution in [3.05, 3.63) is 101 Å². The normalized spacial score (nSPS) is 20.3. The molecule has 43 heavy (non-hydrogen) atoms. The molecular weight excluding hydrogens is 593 g/mol. The number of anilines is 3. The summed E-state index contributed by atoms with van der Waals surface area (Å²) in [6, 6.07) is 20.7. The number of hydrogen-bond acceptors (Lipinski definition) is 8. The van der Waals surface area contributed by atoms with Crippen LogP contribution in [0.15, 0.2) is 85.5 Å². The highest BCUT2D eigenvalue weighted by Crippen LogP contribution is 2.40. The highest BCUT2D eigenvalue weighted by atomic mass is 35.5. The Bertz CT molecular complexity index is 1530. The van der Waals surface area contributed by atoms with Crippen molar-refractivity contribution in [1.29, 1.82) is 0 Å². The number of nitrogens with zero attached hydrogens (tertiary/aromatic N) is 4. The van der Waals surface area contributed by atoms with Gasteiger partial charge in [0, 0.05) is 66.2 Å². The molecule has 2 unspecified atom stereocenters. The molecule has 0 spiro atoms. The minimum Gasteiger partial charge on any atom is -0.530 e. The number of nitrogens with one attached hydrogen (secondary N) is 1. The summed E-state index contributed by atoms with van der Waals surface area (Å²) in [5.74, 6) is -0.357. The van der Waals surface area contributed by atoms with E-state index in [0.717, 1.165) is 43.3 Å².